The van der Waals surface area contributed by atoms with Gasteiger partial charge in [0.1, 0.15) is 22.0 Å². The van der Waals surface area contributed by atoms with Crippen LogP contribution in [0, 0.1) is 12.7 Å². The number of unbranched alkanes of at least 4 members (excludes halogenated alkanes) is 2. The van der Waals surface area contributed by atoms with Gasteiger partial charge in [0.25, 0.3) is 5.91 Å². The normalized spacial score (nSPS) is 11.8. The van der Waals surface area contributed by atoms with Gasteiger partial charge in [0.2, 0.25) is 9.84 Å². The van der Waals surface area contributed by atoms with Gasteiger partial charge in [0, 0.05) is 12.1 Å². The molecule has 0 aliphatic heterocycles. The summed E-state index contributed by atoms with van der Waals surface area (Å²) in [6.45, 7) is 4.38. The summed E-state index contributed by atoms with van der Waals surface area (Å²) in [7, 11) is -4.12. The summed E-state index contributed by atoms with van der Waals surface area (Å²) < 4.78 is 43.5. The SMILES string of the molecule is CCCCCn1c(NC(=O)c2ccc(F)cc2)c(S(=O)(=O)c2ccc(C)cc2)c2nc3ccccc3nc21. The van der Waals surface area contributed by atoms with Crippen LogP contribution in [0.5, 0.6) is 0 Å². The molecule has 38 heavy (non-hydrogen) atoms. The number of aryl methyl sites for hydroxylation is 2. The maximum atomic E-state index is 14.1. The molecule has 5 aromatic rings. The molecular weight excluding hydrogens is 503 g/mol. The highest BCUT2D eigenvalue weighted by atomic mass is 32.2. The number of anilines is 1. The van der Waals surface area contributed by atoms with Gasteiger partial charge >= 0.3 is 0 Å². The number of fused-ring (bicyclic) bond motifs is 2. The fraction of sp³-hybridized carbons (Fsp3) is 0.207. The van der Waals surface area contributed by atoms with Gasteiger partial charge in [-0.3, -0.25) is 4.79 Å². The zero-order chi connectivity index (χ0) is 26.9. The molecule has 0 aliphatic carbocycles. The Morgan fingerprint density at radius 3 is 2.24 bits per heavy atom. The van der Waals surface area contributed by atoms with Gasteiger partial charge in [-0.2, -0.15) is 0 Å². The minimum absolute atomic E-state index is 0.0861. The van der Waals surface area contributed by atoms with Crippen molar-refractivity contribution in [1.29, 1.82) is 0 Å². The molecule has 1 amide bonds. The second kappa shape index (κ2) is 10.3. The van der Waals surface area contributed by atoms with Crippen molar-refractivity contribution in [3.05, 3.63) is 89.7 Å². The van der Waals surface area contributed by atoms with E-state index in [-0.39, 0.29) is 26.7 Å². The largest absolute Gasteiger partial charge is 0.309 e. The molecule has 0 atom stereocenters. The molecule has 0 saturated heterocycles. The quantitative estimate of drug-likeness (QED) is 0.237. The molecule has 1 N–H and O–H groups in total. The predicted molar refractivity (Wildman–Crippen MR) is 146 cm³/mol. The molecule has 9 heteroatoms. The van der Waals surface area contributed by atoms with Crippen molar-refractivity contribution in [2.45, 2.75) is 49.4 Å². The number of nitrogens with one attached hydrogen (secondary N) is 1. The van der Waals surface area contributed by atoms with Gasteiger partial charge in [-0.05, 0) is 61.9 Å². The summed E-state index contributed by atoms with van der Waals surface area (Å²) in [4.78, 5) is 22.8. The third-order valence-electron chi connectivity index (χ3n) is 6.43. The highest BCUT2D eigenvalue weighted by molar-refractivity contribution is 7.92. The molecule has 3 aromatic carbocycles. The number of carbonyl (C=O) groups excluding carboxylic acids is 1. The number of carbonyl (C=O) groups is 1. The van der Waals surface area contributed by atoms with Crippen molar-refractivity contribution < 1.29 is 17.6 Å². The zero-order valence-electron chi connectivity index (χ0n) is 21.1. The highest BCUT2D eigenvalue weighted by Gasteiger charge is 2.32. The molecule has 0 saturated carbocycles. The number of rotatable bonds is 8. The van der Waals surface area contributed by atoms with E-state index in [4.69, 9.17) is 9.97 Å². The summed E-state index contributed by atoms with van der Waals surface area (Å²) >= 11 is 0. The van der Waals surface area contributed by atoms with Gasteiger partial charge < -0.3 is 9.88 Å². The number of hydrogen-bond acceptors (Lipinski definition) is 5. The van der Waals surface area contributed by atoms with Gasteiger partial charge in [0.15, 0.2) is 5.65 Å². The first-order chi connectivity index (χ1) is 18.3. The van der Waals surface area contributed by atoms with E-state index in [2.05, 4.69) is 12.2 Å². The lowest BCUT2D eigenvalue weighted by Gasteiger charge is -2.13. The molecule has 7 nitrogen and oxygen atoms in total. The van der Waals surface area contributed by atoms with E-state index in [0.29, 0.717) is 23.2 Å². The van der Waals surface area contributed by atoms with E-state index in [0.717, 1.165) is 24.8 Å². The van der Waals surface area contributed by atoms with Gasteiger partial charge in [0.05, 0.1) is 15.9 Å². The standard InChI is InChI=1S/C29H27FN4O3S/c1-3-4-7-18-34-27-25(31-23-8-5-6-9-24(23)32-27)26(38(36,37)22-16-10-19(2)11-17-22)28(34)33-29(35)20-12-14-21(30)15-13-20/h5-6,8-17H,3-4,7,18H2,1-2H3,(H,33,35). The first kappa shape index (κ1) is 25.5. The van der Waals surface area contributed by atoms with Crippen molar-refractivity contribution in [2.24, 2.45) is 0 Å². The first-order valence-corrected chi connectivity index (χ1v) is 14.0. The maximum absolute atomic E-state index is 14.1. The smallest absolute Gasteiger partial charge is 0.256 e. The molecule has 0 fully saturated rings. The fourth-order valence-electron chi connectivity index (χ4n) is 4.40. The average molecular weight is 531 g/mol. The Kier molecular flexibility index (Phi) is 6.94. The summed E-state index contributed by atoms with van der Waals surface area (Å²) in [5, 5.41) is 2.82. The minimum Gasteiger partial charge on any atom is -0.309 e. The number of hydrogen-bond donors (Lipinski definition) is 1. The van der Waals surface area contributed by atoms with Crippen molar-refractivity contribution in [3.63, 3.8) is 0 Å². The number of amides is 1. The lowest BCUT2D eigenvalue weighted by atomic mass is 10.2. The minimum atomic E-state index is -4.12. The van der Waals surface area contributed by atoms with E-state index in [1.807, 2.05) is 25.1 Å². The van der Waals surface area contributed by atoms with Gasteiger partial charge in [-0.1, -0.05) is 49.6 Å². The van der Waals surface area contributed by atoms with Crippen LogP contribution in [0.15, 0.2) is 82.6 Å². The number of nitrogens with zero attached hydrogens (tertiary/aromatic N) is 3. The van der Waals surface area contributed by atoms with Crippen LogP contribution in [-0.4, -0.2) is 28.9 Å². The second-order valence-corrected chi connectivity index (χ2v) is 11.1. The molecule has 0 unspecified atom stereocenters. The fourth-order valence-corrected chi connectivity index (χ4v) is 5.94. The molecule has 0 bridgehead atoms. The van der Waals surface area contributed by atoms with Crippen LogP contribution in [0.1, 0.15) is 42.1 Å². The van der Waals surface area contributed by atoms with Gasteiger partial charge in [-0.25, -0.2) is 22.8 Å². The summed E-state index contributed by atoms with van der Waals surface area (Å²) in [6, 6.07) is 18.9. The Balaban J connectivity index is 1.79. The Bertz CT molecular complexity index is 1750. The van der Waals surface area contributed by atoms with Gasteiger partial charge in [-0.15, -0.1) is 0 Å². The first-order valence-electron chi connectivity index (χ1n) is 12.5. The molecule has 2 heterocycles. The van der Waals surface area contributed by atoms with E-state index in [1.165, 1.54) is 24.3 Å². The second-order valence-electron chi connectivity index (χ2n) is 9.20. The highest BCUT2D eigenvalue weighted by Crippen LogP contribution is 2.37. The Hall–Kier alpha value is -4.11. The number of benzene rings is 3. The Morgan fingerprint density at radius 2 is 1.58 bits per heavy atom. The Labute approximate surface area is 220 Å². The number of para-hydroxylation sites is 2. The van der Waals surface area contributed by atoms with Crippen LogP contribution >= 0.6 is 0 Å². The predicted octanol–water partition coefficient (Wildman–Crippen LogP) is 6.31. The van der Waals surface area contributed by atoms with Crippen molar-refractivity contribution in [3.8, 4) is 0 Å². The van der Waals surface area contributed by atoms with Crippen molar-refractivity contribution in [2.75, 3.05) is 5.32 Å². The Morgan fingerprint density at radius 1 is 0.921 bits per heavy atom. The average Bonchev–Trinajstić information content (AvgIpc) is 3.20. The zero-order valence-corrected chi connectivity index (χ0v) is 21.9. The number of sulfone groups is 1. The number of halogens is 1. The van der Waals surface area contributed by atoms with Crippen LogP contribution in [-0.2, 0) is 16.4 Å². The lowest BCUT2D eigenvalue weighted by Crippen LogP contribution is -2.18. The lowest BCUT2D eigenvalue weighted by molar-refractivity contribution is 0.102. The molecule has 2 aromatic heterocycles. The van der Waals surface area contributed by atoms with Crippen LogP contribution in [0.4, 0.5) is 10.2 Å². The van der Waals surface area contributed by atoms with Crippen LogP contribution in [0.25, 0.3) is 22.2 Å². The summed E-state index contributed by atoms with van der Waals surface area (Å²) in [5.41, 5.74) is 2.84. The summed E-state index contributed by atoms with van der Waals surface area (Å²) in [5.74, 6) is -0.936. The topological polar surface area (TPSA) is 94.0 Å². The molecule has 194 valence electrons. The summed E-state index contributed by atoms with van der Waals surface area (Å²) in [6.07, 6.45) is 2.61. The third-order valence-corrected chi connectivity index (χ3v) is 8.25. The van der Waals surface area contributed by atoms with E-state index in [1.54, 1.807) is 34.9 Å². The van der Waals surface area contributed by atoms with E-state index in [9.17, 15) is 17.6 Å². The third kappa shape index (κ3) is 4.77. The van der Waals surface area contributed by atoms with Crippen LogP contribution in [0.3, 0.4) is 0 Å². The molecular formula is C29H27FN4O3S. The molecule has 5 rings (SSSR count). The molecule has 0 spiro atoms. The van der Waals surface area contributed by atoms with Crippen LogP contribution < -0.4 is 5.32 Å². The molecule has 0 aliphatic rings. The van der Waals surface area contributed by atoms with Crippen LogP contribution in [0.2, 0.25) is 0 Å². The maximum Gasteiger partial charge on any atom is 0.256 e. The number of aromatic nitrogens is 3. The van der Waals surface area contributed by atoms with Crippen molar-refractivity contribution >= 4 is 43.8 Å². The molecule has 0 radical (unpaired) electrons. The van der Waals surface area contributed by atoms with Crippen molar-refractivity contribution in [1.82, 2.24) is 14.5 Å². The monoisotopic (exact) mass is 530 g/mol. The van der Waals surface area contributed by atoms with E-state index >= 15 is 0 Å². The van der Waals surface area contributed by atoms with E-state index < -0.39 is 21.6 Å².